The minimum absolute atomic E-state index is 0.0200. The summed E-state index contributed by atoms with van der Waals surface area (Å²) in [7, 11) is -2.41. The van der Waals surface area contributed by atoms with Gasteiger partial charge in [0.2, 0.25) is 15.0 Å². The van der Waals surface area contributed by atoms with Gasteiger partial charge < -0.3 is 19.4 Å². The van der Waals surface area contributed by atoms with E-state index >= 15 is 0 Å². The van der Waals surface area contributed by atoms with Crippen LogP contribution in [0.5, 0.6) is 5.75 Å². The molecule has 6 aromatic rings. The van der Waals surface area contributed by atoms with Crippen LogP contribution in [-0.2, 0) is 26.8 Å². The Kier molecular flexibility index (Phi) is 7.89. The molecule has 0 aliphatic heterocycles. The Morgan fingerprint density at radius 1 is 1.02 bits per heavy atom. The maximum absolute atomic E-state index is 13.6. The largest absolute Gasteiger partial charge is 0.497 e. The van der Waals surface area contributed by atoms with Crippen LogP contribution in [-0.4, -0.2) is 51.3 Å². The van der Waals surface area contributed by atoms with Gasteiger partial charge in [-0.3, -0.25) is 14.2 Å². The van der Waals surface area contributed by atoms with Crippen molar-refractivity contribution < 1.29 is 32.0 Å². The second-order valence-corrected chi connectivity index (χ2v) is 12.2. The van der Waals surface area contributed by atoms with Gasteiger partial charge in [0, 0.05) is 30.5 Å². The fourth-order valence-corrected chi connectivity index (χ4v) is 6.13. The number of aryl methyl sites for hydroxylation is 1. The van der Waals surface area contributed by atoms with Crippen molar-refractivity contribution in [1.82, 2.24) is 24.7 Å². The molecule has 0 atom stereocenters. The summed E-state index contributed by atoms with van der Waals surface area (Å²) in [6.07, 6.45) is 1.14. The van der Waals surface area contributed by atoms with Crippen LogP contribution in [0.25, 0.3) is 38.9 Å². The van der Waals surface area contributed by atoms with E-state index in [4.69, 9.17) is 19.4 Å². The molecule has 45 heavy (non-hydrogen) atoms. The number of aromatic amines is 1. The maximum atomic E-state index is 13.6. The number of unbranched alkanes of at least 4 members (excludes halogenated alkanes) is 1. The van der Waals surface area contributed by atoms with Crippen LogP contribution in [0.2, 0.25) is 0 Å². The highest BCUT2D eigenvalue weighted by atomic mass is 32.2. The van der Waals surface area contributed by atoms with Crippen molar-refractivity contribution in [3.63, 3.8) is 0 Å². The molecule has 0 aliphatic carbocycles. The molecule has 0 saturated carbocycles. The van der Waals surface area contributed by atoms with Gasteiger partial charge in [-0.25, -0.2) is 22.8 Å². The van der Waals surface area contributed by atoms with Crippen molar-refractivity contribution in [2.75, 3.05) is 7.11 Å². The van der Waals surface area contributed by atoms with Crippen molar-refractivity contribution in [1.29, 1.82) is 0 Å². The number of aliphatic carboxylic acids is 1. The number of fused-ring (bicyclic) bond motifs is 2. The van der Waals surface area contributed by atoms with E-state index in [1.54, 1.807) is 36.4 Å². The number of ether oxygens (including phenoxy) is 1. The Labute approximate surface area is 255 Å². The number of methoxy groups -OCH3 is 1. The molecule has 0 saturated heterocycles. The number of nitrogens with one attached hydrogen (secondary N) is 1. The SMILES string of the molecule is COc1ccc2[nH]c(S(=O)(=O)Cc3cc(-c4ccc5c(=O)n(-c6ccc(F)cc6)c(CCCCC(=O)O)nc5c4)no3)nc2c1. The lowest BCUT2D eigenvalue weighted by atomic mass is 10.1. The topological polar surface area (TPSA) is 170 Å². The Bertz CT molecular complexity index is 2220. The minimum atomic E-state index is -3.92. The summed E-state index contributed by atoms with van der Waals surface area (Å²) >= 11 is 0. The van der Waals surface area contributed by atoms with E-state index in [1.807, 2.05) is 0 Å². The fourth-order valence-electron chi connectivity index (χ4n) is 4.98. The zero-order valence-corrected chi connectivity index (χ0v) is 24.7. The predicted octanol–water partition coefficient (Wildman–Crippen LogP) is 4.84. The molecule has 6 rings (SSSR count). The standard InChI is InChI=1S/C31H26FN5O7S/c1-43-21-11-13-24-27(15-21)35-31(34-24)45(41,42)17-22-16-25(36-44-22)18-6-12-23-26(14-18)33-28(4-2-3-5-29(38)39)37(30(23)40)20-9-7-19(32)8-10-20/h6-16H,2-5,17H2,1H3,(H,34,35)(H,38,39). The molecule has 0 aliphatic rings. The highest BCUT2D eigenvalue weighted by Crippen LogP contribution is 2.26. The van der Waals surface area contributed by atoms with Crippen LogP contribution in [0.3, 0.4) is 0 Å². The summed E-state index contributed by atoms with van der Waals surface area (Å²) in [4.78, 5) is 36.4. The van der Waals surface area contributed by atoms with Gasteiger partial charge in [0.25, 0.3) is 5.56 Å². The molecule has 0 spiro atoms. The maximum Gasteiger partial charge on any atom is 0.303 e. The molecule has 0 radical (unpaired) electrons. The van der Waals surface area contributed by atoms with Gasteiger partial charge in [-0.15, -0.1) is 0 Å². The van der Waals surface area contributed by atoms with E-state index in [1.165, 1.54) is 42.0 Å². The van der Waals surface area contributed by atoms with E-state index in [0.29, 0.717) is 69.7 Å². The number of rotatable bonds is 11. The normalized spacial score (nSPS) is 11.8. The number of carboxylic acids is 1. The lowest BCUT2D eigenvalue weighted by Gasteiger charge is -2.14. The Hall–Kier alpha value is -5.37. The first-order valence-electron chi connectivity index (χ1n) is 13.9. The summed E-state index contributed by atoms with van der Waals surface area (Å²) in [6.45, 7) is 0. The summed E-state index contributed by atoms with van der Waals surface area (Å²) < 4.78 is 51.8. The van der Waals surface area contributed by atoms with E-state index < -0.39 is 27.4 Å². The summed E-state index contributed by atoms with van der Waals surface area (Å²) in [6, 6.07) is 16.8. The molecule has 3 aromatic carbocycles. The lowest BCUT2D eigenvalue weighted by Crippen LogP contribution is -2.24. The first-order chi connectivity index (χ1) is 21.6. The molecular formula is C31H26FN5O7S. The third kappa shape index (κ3) is 6.17. The van der Waals surface area contributed by atoms with Crippen molar-refractivity contribution in [2.24, 2.45) is 0 Å². The van der Waals surface area contributed by atoms with Crippen molar-refractivity contribution in [3.8, 4) is 22.7 Å². The first-order valence-corrected chi connectivity index (χ1v) is 15.5. The molecule has 230 valence electrons. The molecule has 3 heterocycles. The van der Waals surface area contributed by atoms with Crippen LogP contribution >= 0.6 is 0 Å². The smallest absolute Gasteiger partial charge is 0.303 e. The minimum Gasteiger partial charge on any atom is -0.497 e. The molecule has 2 N–H and O–H groups in total. The number of nitrogens with zero attached hydrogens (tertiary/aromatic N) is 4. The summed E-state index contributed by atoms with van der Waals surface area (Å²) in [5.41, 5.74) is 2.27. The number of benzene rings is 3. The summed E-state index contributed by atoms with van der Waals surface area (Å²) in [5, 5.41) is 13.1. The zero-order valence-electron chi connectivity index (χ0n) is 23.9. The van der Waals surface area contributed by atoms with Crippen LogP contribution < -0.4 is 10.3 Å². The second-order valence-electron chi connectivity index (χ2n) is 10.3. The average molecular weight is 632 g/mol. The van der Waals surface area contributed by atoms with Gasteiger partial charge in [-0.05, 0) is 61.4 Å². The average Bonchev–Trinajstić information content (AvgIpc) is 3.67. The van der Waals surface area contributed by atoms with Gasteiger partial charge in [0.15, 0.2) is 5.76 Å². The second kappa shape index (κ2) is 12.0. The van der Waals surface area contributed by atoms with E-state index in [0.717, 1.165) is 0 Å². The van der Waals surface area contributed by atoms with E-state index in [2.05, 4.69) is 15.1 Å². The Balaban J connectivity index is 1.31. The first kappa shape index (κ1) is 29.7. The molecule has 0 unspecified atom stereocenters. The van der Waals surface area contributed by atoms with Gasteiger partial charge in [0.05, 0.1) is 34.7 Å². The number of hydrogen-bond acceptors (Lipinski definition) is 9. The summed E-state index contributed by atoms with van der Waals surface area (Å²) in [5.74, 6) is -0.848. The third-order valence-electron chi connectivity index (χ3n) is 7.21. The zero-order chi connectivity index (χ0) is 31.7. The Morgan fingerprint density at radius 2 is 1.82 bits per heavy atom. The quantitative estimate of drug-likeness (QED) is 0.189. The van der Waals surface area contributed by atoms with Crippen LogP contribution in [0.4, 0.5) is 4.39 Å². The van der Waals surface area contributed by atoms with Crippen molar-refractivity contribution >= 4 is 37.7 Å². The molecule has 0 amide bonds. The number of H-pyrrole nitrogens is 1. The monoisotopic (exact) mass is 631 g/mol. The number of carbonyl (C=O) groups is 1. The third-order valence-corrected chi connectivity index (χ3v) is 8.66. The van der Waals surface area contributed by atoms with Gasteiger partial charge in [0.1, 0.15) is 28.8 Å². The fraction of sp³-hybridized carbons (Fsp3) is 0.194. The molecule has 0 bridgehead atoms. The van der Waals surface area contributed by atoms with Crippen LogP contribution in [0.1, 0.15) is 30.8 Å². The van der Waals surface area contributed by atoms with E-state index in [9.17, 15) is 22.4 Å². The predicted molar refractivity (Wildman–Crippen MR) is 162 cm³/mol. The lowest BCUT2D eigenvalue weighted by molar-refractivity contribution is -0.137. The number of imidazole rings is 1. The molecular weight excluding hydrogens is 605 g/mol. The molecule has 0 fully saturated rings. The molecule has 3 aromatic heterocycles. The number of sulfone groups is 1. The number of carboxylic acid groups (broad SMARTS) is 1. The van der Waals surface area contributed by atoms with Gasteiger partial charge in [-0.2, -0.15) is 0 Å². The molecule has 12 nitrogen and oxygen atoms in total. The van der Waals surface area contributed by atoms with Crippen LogP contribution in [0.15, 0.2) is 81.2 Å². The van der Waals surface area contributed by atoms with Crippen molar-refractivity contribution in [3.05, 3.63) is 94.5 Å². The highest BCUT2D eigenvalue weighted by molar-refractivity contribution is 7.90. The number of halogens is 1. The van der Waals surface area contributed by atoms with Gasteiger partial charge >= 0.3 is 5.97 Å². The Morgan fingerprint density at radius 3 is 2.58 bits per heavy atom. The highest BCUT2D eigenvalue weighted by Gasteiger charge is 2.23. The van der Waals surface area contributed by atoms with E-state index in [-0.39, 0.29) is 22.9 Å². The van der Waals surface area contributed by atoms with Crippen LogP contribution in [0, 0.1) is 5.82 Å². The number of aromatic nitrogens is 5. The molecule has 14 heteroatoms. The number of hydrogen-bond donors (Lipinski definition) is 2. The van der Waals surface area contributed by atoms with Gasteiger partial charge in [-0.1, -0.05) is 11.2 Å². The van der Waals surface area contributed by atoms with Crippen molar-refractivity contribution in [2.45, 2.75) is 36.6 Å².